The van der Waals surface area contributed by atoms with Gasteiger partial charge in [0, 0.05) is 12.3 Å². The Kier molecular flexibility index (Phi) is 2.27. The second-order valence-electron chi connectivity index (χ2n) is 2.96. The van der Waals surface area contributed by atoms with E-state index in [1.807, 2.05) is 6.92 Å². The van der Waals surface area contributed by atoms with E-state index < -0.39 is 0 Å². The van der Waals surface area contributed by atoms with Gasteiger partial charge in [-0.05, 0) is 6.92 Å². The van der Waals surface area contributed by atoms with Crippen LogP contribution in [-0.2, 0) is 5.88 Å². The van der Waals surface area contributed by atoms with E-state index in [0.29, 0.717) is 18.2 Å². The molecular weight excluding hydrogens is 190 g/mol. The van der Waals surface area contributed by atoms with Gasteiger partial charge in [-0.25, -0.2) is 0 Å². The molecule has 0 bridgehead atoms. The SMILES string of the molecule is CC1COc2c(ccnc2CCl)O1. The first kappa shape index (κ1) is 8.63. The number of pyridine rings is 1. The molecule has 1 aliphatic rings. The first-order valence-electron chi connectivity index (χ1n) is 4.14. The zero-order valence-electron chi connectivity index (χ0n) is 7.29. The number of aromatic nitrogens is 1. The molecule has 4 heteroatoms. The van der Waals surface area contributed by atoms with Crippen molar-refractivity contribution in [3.63, 3.8) is 0 Å². The van der Waals surface area contributed by atoms with Crippen molar-refractivity contribution in [2.75, 3.05) is 6.61 Å². The summed E-state index contributed by atoms with van der Waals surface area (Å²) in [5.74, 6) is 1.78. The fraction of sp³-hybridized carbons (Fsp3) is 0.444. The Bertz CT molecular complexity index is 316. The van der Waals surface area contributed by atoms with Gasteiger partial charge in [0.1, 0.15) is 18.4 Å². The lowest BCUT2D eigenvalue weighted by atomic mass is 10.3. The van der Waals surface area contributed by atoms with E-state index in [9.17, 15) is 0 Å². The zero-order valence-corrected chi connectivity index (χ0v) is 8.04. The van der Waals surface area contributed by atoms with Crippen LogP contribution < -0.4 is 9.47 Å². The maximum absolute atomic E-state index is 5.70. The summed E-state index contributed by atoms with van der Waals surface area (Å²) in [6.07, 6.45) is 1.77. The average Bonchev–Trinajstić information content (AvgIpc) is 2.16. The zero-order chi connectivity index (χ0) is 9.26. The lowest BCUT2D eigenvalue weighted by Crippen LogP contribution is -2.26. The summed E-state index contributed by atoms with van der Waals surface area (Å²) in [7, 11) is 0. The summed E-state index contributed by atoms with van der Waals surface area (Å²) in [5.41, 5.74) is 0.742. The van der Waals surface area contributed by atoms with Gasteiger partial charge in [0.05, 0.1) is 5.88 Å². The van der Waals surface area contributed by atoms with Gasteiger partial charge in [-0.2, -0.15) is 0 Å². The van der Waals surface area contributed by atoms with Crippen LogP contribution in [0.15, 0.2) is 12.3 Å². The highest BCUT2D eigenvalue weighted by molar-refractivity contribution is 6.17. The van der Waals surface area contributed by atoms with Crippen molar-refractivity contribution in [2.45, 2.75) is 18.9 Å². The second-order valence-corrected chi connectivity index (χ2v) is 3.23. The molecule has 1 aliphatic heterocycles. The van der Waals surface area contributed by atoms with Gasteiger partial charge in [0.25, 0.3) is 0 Å². The fourth-order valence-corrected chi connectivity index (χ4v) is 1.46. The normalized spacial score (nSPS) is 20.0. The molecule has 1 aromatic heterocycles. The number of halogens is 1. The number of rotatable bonds is 1. The largest absolute Gasteiger partial charge is 0.484 e. The Morgan fingerprint density at radius 2 is 2.54 bits per heavy atom. The van der Waals surface area contributed by atoms with Crippen LogP contribution in [0, 0.1) is 0 Å². The molecule has 2 heterocycles. The van der Waals surface area contributed by atoms with Crippen molar-refractivity contribution in [1.82, 2.24) is 4.98 Å². The molecule has 1 aromatic rings. The molecule has 3 nitrogen and oxygen atoms in total. The Hall–Kier alpha value is -0.960. The highest BCUT2D eigenvalue weighted by Crippen LogP contribution is 2.34. The summed E-state index contributed by atoms with van der Waals surface area (Å²) in [5, 5.41) is 0. The van der Waals surface area contributed by atoms with Crippen molar-refractivity contribution in [2.24, 2.45) is 0 Å². The van der Waals surface area contributed by atoms with Crippen LogP contribution in [-0.4, -0.2) is 17.7 Å². The smallest absolute Gasteiger partial charge is 0.184 e. The average molecular weight is 200 g/mol. The molecule has 70 valence electrons. The quantitative estimate of drug-likeness (QED) is 0.649. The van der Waals surface area contributed by atoms with Gasteiger partial charge in [0.2, 0.25) is 0 Å². The maximum atomic E-state index is 5.70. The van der Waals surface area contributed by atoms with E-state index in [1.54, 1.807) is 12.3 Å². The minimum atomic E-state index is 0.0954. The maximum Gasteiger partial charge on any atom is 0.184 e. The number of fused-ring (bicyclic) bond motifs is 1. The summed E-state index contributed by atoms with van der Waals surface area (Å²) >= 11 is 5.70. The number of hydrogen-bond donors (Lipinski definition) is 0. The standard InChI is InChI=1S/C9H10ClNO2/c1-6-5-12-9-7(4-10)11-3-2-8(9)13-6/h2-3,6H,4-5H2,1H3. The molecule has 0 fully saturated rings. The van der Waals surface area contributed by atoms with Crippen LogP contribution in [0.2, 0.25) is 0 Å². The molecule has 2 rings (SSSR count). The molecule has 13 heavy (non-hydrogen) atoms. The summed E-state index contributed by atoms with van der Waals surface area (Å²) in [6.45, 7) is 2.52. The monoisotopic (exact) mass is 199 g/mol. The van der Waals surface area contributed by atoms with Crippen molar-refractivity contribution >= 4 is 11.6 Å². The molecule has 0 saturated carbocycles. The van der Waals surface area contributed by atoms with Crippen molar-refractivity contribution < 1.29 is 9.47 Å². The summed E-state index contributed by atoms with van der Waals surface area (Å²) < 4.78 is 11.0. The van der Waals surface area contributed by atoms with Crippen LogP contribution >= 0.6 is 11.6 Å². The molecule has 0 amide bonds. The highest BCUT2D eigenvalue weighted by Gasteiger charge is 2.20. The predicted octanol–water partition coefficient (Wildman–Crippen LogP) is 1.98. The van der Waals surface area contributed by atoms with Gasteiger partial charge >= 0.3 is 0 Å². The van der Waals surface area contributed by atoms with Crippen LogP contribution in [0.1, 0.15) is 12.6 Å². The lowest BCUT2D eigenvalue weighted by Gasteiger charge is -2.24. The third-order valence-electron chi connectivity index (χ3n) is 1.86. The minimum absolute atomic E-state index is 0.0954. The van der Waals surface area contributed by atoms with Crippen LogP contribution in [0.3, 0.4) is 0 Å². The fourth-order valence-electron chi connectivity index (χ4n) is 1.27. The molecular formula is C9H10ClNO2. The van der Waals surface area contributed by atoms with Crippen LogP contribution in [0.25, 0.3) is 0 Å². The first-order valence-corrected chi connectivity index (χ1v) is 4.68. The predicted molar refractivity (Wildman–Crippen MR) is 49.4 cm³/mol. The molecule has 0 aliphatic carbocycles. The molecule has 0 N–H and O–H groups in total. The first-order chi connectivity index (χ1) is 6.31. The molecule has 1 unspecified atom stereocenters. The number of alkyl halides is 1. The van der Waals surface area contributed by atoms with Crippen molar-refractivity contribution in [3.8, 4) is 11.5 Å². The van der Waals surface area contributed by atoms with E-state index in [4.69, 9.17) is 21.1 Å². The third-order valence-corrected chi connectivity index (χ3v) is 2.11. The van der Waals surface area contributed by atoms with Gasteiger partial charge < -0.3 is 9.47 Å². The summed E-state index contributed by atoms with van der Waals surface area (Å²) in [4.78, 5) is 4.10. The van der Waals surface area contributed by atoms with E-state index in [2.05, 4.69) is 4.98 Å². The Morgan fingerprint density at radius 3 is 3.31 bits per heavy atom. The lowest BCUT2D eigenvalue weighted by molar-refractivity contribution is 0.102. The Labute approximate surface area is 81.6 Å². The third kappa shape index (κ3) is 1.56. The van der Waals surface area contributed by atoms with Crippen molar-refractivity contribution in [1.29, 1.82) is 0 Å². The second kappa shape index (κ2) is 3.42. The van der Waals surface area contributed by atoms with Gasteiger partial charge in [0.15, 0.2) is 11.5 Å². The number of hydrogen-bond acceptors (Lipinski definition) is 3. The van der Waals surface area contributed by atoms with Crippen LogP contribution in [0.5, 0.6) is 11.5 Å². The van der Waals surface area contributed by atoms with Gasteiger partial charge in [-0.15, -0.1) is 11.6 Å². The Morgan fingerprint density at radius 1 is 1.69 bits per heavy atom. The number of nitrogens with zero attached hydrogens (tertiary/aromatic N) is 1. The minimum Gasteiger partial charge on any atom is -0.484 e. The van der Waals surface area contributed by atoms with E-state index in [1.165, 1.54) is 0 Å². The van der Waals surface area contributed by atoms with Gasteiger partial charge in [-0.1, -0.05) is 0 Å². The molecule has 0 radical (unpaired) electrons. The summed E-state index contributed by atoms with van der Waals surface area (Å²) in [6, 6.07) is 1.79. The van der Waals surface area contributed by atoms with E-state index >= 15 is 0 Å². The Balaban J connectivity index is 2.39. The van der Waals surface area contributed by atoms with Crippen LogP contribution in [0.4, 0.5) is 0 Å². The van der Waals surface area contributed by atoms with Gasteiger partial charge in [-0.3, -0.25) is 4.98 Å². The topological polar surface area (TPSA) is 31.4 Å². The van der Waals surface area contributed by atoms with Crippen molar-refractivity contribution in [3.05, 3.63) is 18.0 Å². The molecule has 0 aromatic carbocycles. The highest BCUT2D eigenvalue weighted by atomic mass is 35.5. The number of ether oxygens (including phenoxy) is 2. The van der Waals surface area contributed by atoms with E-state index in [0.717, 1.165) is 11.4 Å². The van der Waals surface area contributed by atoms with E-state index in [-0.39, 0.29) is 6.10 Å². The molecule has 1 atom stereocenters. The molecule has 0 spiro atoms. The molecule has 0 saturated heterocycles.